The monoisotopic (exact) mass is 376 g/mol. The topological polar surface area (TPSA) is 80.6 Å². The SMILES string of the molecule is COc1ccc(C(=O)NC(=Cc2ccco2)C(=O)Nc2ccc(C)cc2)cc1. The van der Waals surface area contributed by atoms with Crippen molar-refractivity contribution in [2.45, 2.75) is 6.92 Å². The van der Waals surface area contributed by atoms with E-state index in [9.17, 15) is 9.59 Å². The summed E-state index contributed by atoms with van der Waals surface area (Å²) in [6, 6.07) is 17.4. The maximum atomic E-state index is 12.7. The van der Waals surface area contributed by atoms with Gasteiger partial charge in [-0.25, -0.2) is 0 Å². The van der Waals surface area contributed by atoms with Crippen LogP contribution in [0, 0.1) is 6.92 Å². The molecule has 0 aliphatic carbocycles. The smallest absolute Gasteiger partial charge is 0.272 e. The number of ether oxygens (including phenoxy) is 1. The van der Waals surface area contributed by atoms with Crippen molar-refractivity contribution in [3.8, 4) is 5.75 Å². The van der Waals surface area contributed by atoms with Gasteiger partial charge in [0, 0.05) is 17.3 Å². The number of hydrogen-bond donors (Lipinski definition) is 2. The summed E-state index contributed by atoms with van der Waals surface area (Å²) < 4.78 is 10.4. The van der Waals surface area contributed by atoms with Crippen molar-refractivity contribution in [2.75, 3.05) is 12.4 Å². The third-order valence-corrected chi connectivity index (χ3v) is 3.98. The van der Waals surface area contributed by atoms with Crippen LogP contribution in [0.2, 0.25) is 0 Å². The molecule has 0 unspecified atom stereocenters. The van der Waals surface area contributed by atoms with E-state index in [-0.39, 0.29) is 5.70 Å². The predicted octanol–water partition coefficient (Wildman–Crippen LogP) is 4.01. The molecule has 1 aromatic heterocycles. The van der Waals surface area contributed by atoms with Gasteiger partial charge in [0.2, 0.25) is 0 Å². The first-order chi connectivity index (χ1) is 13.5. The molecule has 0 atom stereocenters. The fraction of sp³-hybridized carbons (Fsp3) is 0.0909. The van der Waals surface area contributed by atoms with Crippen molar-refractivity contribution in [3.63, 3.8) is 0 Å². The normalized spacial score (nSPS) is 11.0. The summed E-state index contributed by atoms with van der Waals surface area (Å²) in [5, 5.41) is 5.42. The van der Waals surface area contributed by atoms with E-state index in [2.05, 4.69) is 10.6 Å². The molecule has 2 aromatic carbocycles. The van der Waals surface area contributed by atoms with Gasteiger partial charge in [0.1, 0.15) is 17.2 Å². The number of nitrogens with one attached hydrogen (secondary N) is 2. The van der Waals surface area contributed by atoms with Crippen LogP contribution >= 0.6 is 0 Å². The van der Waals surface area contributed by atoms with Gasteiger partial charge in [0.25, 0.3) is 11.8 Å². The molecule has 6 heteroatoms. The van der Waals surface area contributed by atoms with E-state index in [0.29, 0.717) is 22.8 Å². The lowest BCUT2D eigenvalue weighted by Crippen LogP contribution is -2.30. The Morgan fingerprint density at radius 1 is 1.00 bits per heavy atom. The Labute approximate surface area is 162 Å². The lowest BCUT2D eigenvalue weighted by Gasteiger charge is -2.11. The molecule has 1 heterocycles. The number of carbonyl (C=O) groups excluding carboxylic acids is 2. The highest BCUT2D eigenvalue weighted by Crippen LogP contribution is 2.14. The number of amides is 2. The molecule has 0 aliphatic rings. The molecule has 142 valence electrons. The van der Waals surface area contributed by atoms with E-state index >= 15 is 0 Å². The second kappa shape index (κ2) is 8.73. The third kappa shape index (κ3) is 4.88. The van der Waals surface area contributed by atoms with Crippen LogP contribution in [0.5, 0.6) is 5.75 Å². The zero-order valence-corrected chi connectivity index (χ0v) is 15.6. The average molecular weight is 376 g/mol. The van der Waals surface area contributed by atoms with E-state index in [0.717, 1.165) is 5.56 Å². The molecule has 0 bridgehead atoms. The van der Waals surface area contributed by atoms with Gasteiger partial charge in [-0.05, 0) is 55.5 Å². The van der Waals surface area contributed by atoms with Crippen molar-refractivity contribution in [2.24, 2.45) is 0 Å². The molecule has 2 amide bonds. The zero-order valence-electron chi connectivity index (χ0n) is 15.6. The number of carbonyl (C=O) groups is 2. The van der Waals surface area contributed by atoms with Crippen molar-refractivity contribution >= 4 is 23.6 Å². The summed E-state index contributed by atoms with van der Waals surface area (Å²) in [6.07, 6.45) is 2.97. The fourth-order valence-corrected chi connectivity index (χ4v) is 2.45. The van der Waals surface area contributed by atoms with Crippen molar-refractivity contribution in [1.82, 2.24) is 5.32 Å². The number of anilines is 1. The fourth-order valence-electron chi connectivity index (χ4n) is 2.45. The highest BCUT2D eigenvalue weighted by atomic mass is 16.5. The number of rotatable bonds is 6. The first kappa shape index (κ1) is 19.0. The van der Waals surface area contributed by atoms with Crippen LogP contribution in [0.15, 0.2) is 77.0 Å². The standard InChI is InChI=1S/C22H20N2O4/c1-15-5-9-17(10-6-15)23-22(26)20(14-19-4-3-13-28-19)24-21(25)16-7-11-18(27-2)12-8-16/h3-14H,1-2H3,(H,23,26)(H,24,25). The maximum Gasteiger partial charge on any atom is 0.272 e. The lowest BCUT2D eigenvalue weighted by molar-refractivity contribution is -0.113. The average Bonchev–Trinajstić information content (AvgIpc) is 3.22. The second-order valence-electron chi connectivity index (χ2n) is 6.08. The number of hydrogen-bond acceptors (Lipinski definition) is 4. The van der Waals surface area contributed by atoms with Gasteiger partial charge in [0.05, 0.1) is 13.4 Å². The van der Waals surface area contributed by atoms with Crippen LogP contribution in [0.25, 0.3) is 6.08 Å². The minimum Gasteiger partial charge on any atom is -0.497 e. The van der Waals surface area contributed by atoms with Gasteiger partial charge in [-0.3, -0.25) is 9.59 Å². The minimum atomic E-state index is -0.456. The Morgan fingerprint density at radius 2 is 1.71 bits per heavy atom. The van der Waals surface area contributed by atoms with Gasteiger partial charge < -0.3 is 19.8 Å². The summed E-state index contributed by atoms with van der Waals surface area (Å²) in [6.45, 7) is 1.96. The van der Waals surface area contributed by atoms with E-state index in [1.54, 1.807) is 55.6 Å². The Kier molecular flexibility index (Phi) is 5.91. The van der Waals surface area contributed by atoms with Crippen molar-refractivity contribution in [1.29, 1.82) is 0 Å². The molecule has 0 spiro atoms. The number of aryl methyl sites for hydroxylation is 1. The number of furan rings is 1. The van der Waals surface area contributed by atoms with E-state index in [1.165, 1.54) is 12.3 Å². The third-order valence-electron chi connectivity index (χ3n) is 3.98. The first-order valence-corrected chi connectivity index (χ1v) is 8.64. The van der Waals surface area contributed by atoms with Gasteiger partial charge in [0.15, 0.2) is 0 Å². The molecule has 3 aromatic rings. The summed E-state index contributed by atoms with van der Waals surface area (Å²) in [4.78, 5) is 25.3. The summed E-state index contributed by atoms with van der Waals surface area (Å²) in [5.74, 6) is 0.214. The lowest BCUT2D eigenvalue weighted by atomic mass is 10.2. The van der Waals surface area contributed by atoms with Gasteiger partial charge >= 0.3 is 0 Å². The molecule has 3 rings (SSSR count). The van der Waals surface area contributed by atoms with E-state index in [4.69, 9.17) is 9.15 Å². The molecule has 0 aliphatic heterocycles. The van der Waals surface area contributed by atoms with E-state index < -0.39 is 11.8 Å². The summed E-state index contributed by atoms with van der Waals surface area (Å²) in [5.41, 5.74) is 2.17. The quantitative estimate of drug-likeness (QED) is 0.637. The Bertz CT molecular complexity index is 972. The van der Waals surface area contributed by atoms with E-state index in [1.807, 2.05) is 19.1 Å². The molecule has 0 radical (unpaired) electrons. The van der Waals surface area contributed by atoms with Gasteiger partial charge in [-0.2, -0.15) is 0 Å². The summed E-state index contributed by atoms with van der Waals surface area (Å²) >= 11 is 0. The minimum absolute atomic E-state index is 0.0661. The molecular weight excluding hydrogens is 356 g/mol. The van der Waals surface area contributed by atoms with Crippen LogP contribution < -0.4 is 15.4 Å². The van der Waals surface area contributed by atoms with Crippen molar-refractivity contribution < 1.29 is 18.7 Å². The van der Waals surface area contributed by atoms with Crippen LogP contribution in [0.4, 0.5) is 5.69 Å². The Balaban J connectivity index is 1.81. The maximum absolute atomic E-state index is 12.7. The largest absolute Gasteiger partial charge is 0.497 e. The number of benzene rings is 2. The van der Waals surface area contributed by atoms with Crippen LogP contribution in [-0.4, -0.2) is 18.9 Å². The highest BCUT2D eigenvalue weighted by molar-refractivity contribution is 6.10. The van der Waals surface area contributed by atoms with Crippen molar-refractivity contribution in [3.05, 3.63) is 89.5 Å². The number of methoxy groups -OCH3 is 1. The Hall–Kier alpha value is -3.80. The second-order valence-corrected chi connectivity index (χ2v) is 6.08. The van der Waals surface area contributed by atoms with Gasteiger partial charge in [-0.15, -0.1) is 0 Å². The van der Waals surface area contributed by atoms with Crippen LogP contribution in [-0.2, 0) is 4.79 Å². The van der Waals surface area contributed by atoms with Crippen LogP contribution in [0.1, 0.15) is 21.7 Å². The molecule has 0 saturated heterocycles. The highest BCUT2D eigenvalue weighted by Gasteiger charge is 2.16. The molecule has 2 N–H and O–H groups in total. The first-order valence-electron chi connectivity index (χ1n) is 8.64. The molecule has 28 heavy (non-hydrogen) atoms. The Morgan fingerprint density at radius 3 is 2.32 bits per heavy atom. The predicted molar refractivity (Wildman–Crippen MR) is 107 cm³/mol. The van der Waals surface area contributed by atoms with Gasteiger partial charge in [-0.1, -0.05) is 17.7 Å². The molecule has 0 saturated carbocycles. The summed E-state index contributed by atoms with van der Waals surface area (Å²) in [7, 11) is 1.55. The zero-order chi connectivity index (χ0) is 19.9. The molecule has 0 fully saturated rings. The molecule has 6 nitrogen and oxygen atoms in total. The van der Waals surface area contributed by atoms with Crippen LogP contribution in [0.3, 0.4) is 0 Å². The molecular formula is C22H20N2O4.